The molecule has 0 bridgehead atoms. The van der Waals surface area contributed by atoms with Gasteiger partial charge in [-0.1, -0.05) is 54.6 Å². The molecule has 1 aliphatic heterocycles. The maximum atomic E-state index is 13.1. The number of hydrogen-bond donors (Lipinski definition) is 1. The lowest BCUT2D eigenvalue weighted by molar-refractivity contribution is -0.120. The van der Waals surface area contributed by atoms with Gasteiger partial charge in [-0.25, -0.2) is 12.7 Å². The summed E-state index contributed by atoms with van der Waals surface area (Å²) in [6.07, 6.45) is 1.29. The van der Waals surface area contributed by atoms with Gasteiger partial charge in [-0.3, -0.25) is 4.79 Å². The Balaban J connectivity index is 1.44. The largest absolute Gasteiger partial charge is 0.455 e. The molecular formula is C26H28N2O4S. The van der Waals surface area contributed by atoms with Crippen LogP contribution in [0.4, 0.5) is 5.69 Å². The van der Waals surface area contributed by atoms with Crippen molar-refractivity contribution >= 4 is 21.6 Å². The first-order valence-electron chi connectivity index (χ1n) is 11.1. The minimum Gasteiger partial charge on any atom is -0.455 e. The van der Waals surface area contributed by atoms with Gasteiger partial charge in [-0.2, -0.15) is 0 Å². The van der Waals surface area contributed by atoms with Gasteiger partial charge in [0.1, 0.15) is 5.75 Å². The van der Waals surface area contributed by atoms with E-state index in [9.17, 15) is 13.2 Å². The number of carbonyl (C=O) groups excluding carboxylic acids is 1. The van der Waals surface area contributed by atoms with Crippen LogP contribution in [-0.2, 0) is 20.6 Å². The fraction of sp³-hybridized carbons (Fsp3) is 0.269. The number of anilines is 1. The molecule has 6 nitrogen and oxygen atoms in total. The van der Waals surface area contributed by atoms with Gasteiger partial charge >= 0.3 is 0 Å². The van der Waals surface area contributed by atoms with Crippen LogP contribution < -0.4 is 10.1 Å². The Morgan fingerprint density at radius 2 is 1.70 bits per heavy atom. The third-order valence-corrected chi connectivity index (χ3v) is 7.66. The summed E-state index contributed by atoms with van der Waals surface area (Å²) in [5.41, 5.74) is 2.30. The zero-order valence-corrected chi connectivity index (χ0v) is 19.4. The highest BCUT2D eigenvalue weighted by Crippen LogP contribution is 2.30. The van der Waals surface area contributed by atoms with Crippen molar-refractivity contribution in [3.05, 3.63) is 90.0 Å². The highest BCUT2D eigenvalue weighted by Gasteiger charge is 2.33. The van der Waals surface area contributed by atoms with Crippen LogP contribution in [0.15, 0.2) is 78.9 Å². The molecule has 1 fully saturated rings. The van der Waals surface area contributed by atoms with Gasteiger partial charge in [0, 0.05) is 13.1 Å². The summed E-state index contributed by atoms with van der Waals surface area (Å²) in [4.78, 5) is 13.1. The van der Waals surface area contributed by atoms with Gasteiger partial charge in [-0.05, 0) is 55.2 Å². The zero-order chi connectivity index (χ0) is 23.3. The van der Waals surface area contributed by atoms with Crippen molar-refractivity contribution in [1.29, 1.82) is 0 Å². The lowest BCUT2D eigenvalue weighted by Crippen LogP contribution is -2.44. The van der Waals surface area contributed by atoms with Crippen molar-refractivity contribution in [3.63, 3.8) is 0 Å². The summed E-state index contributed by atoms with van der Waals surface area (Å²) in [5.74, 6) is 0.536. The van der Waals surface area contributed by atoms with E-state index in [0.717, 1.165) is 11.1 Å². The maximum absolute atomic E-state index is 13.1. The van der Waals surface area contributed by atoms with Crippen LogP contribution in [0.5, 0.6) is 11.5 Å². The fourth-order valence-electron chi connectivity index (χ4n) is 3.98. The van der Waals surface area contributed by atoms with Gasteiger partial charge in [0.25, 0.3) is 0 Å². The standard InChI is InChI=1S/C26H28N2O4S/c1-20-10-5-6-11-22(20)19-33(30,31)28-17-9-12-21(18-28)26(29)27-24-15-7-8-16-25(24)32-23-13-3-2-4-14-23/h2-8,10-11,13-16,21H,9,12,17-19H2,1H3,(H,27,29). The molecule has 0 aromatic heterocycles. The molecule has 3 aromatic carbocycles. The van der Waals surface area contributed by atoms with Gasteiger partial charge in [0.2, 0.25) is 15.9 Å². The minimum absolute atomic E-state index is 0.0538. The molecule has 0 saturated carbocycles. The number of ether oxygens (including phenoxy) is 1. The molecule has 1 saturated heterocycles. The average Bonchev–Trinajstić information content (AvgIpc) is 2.82. The van der Waals surface area contributed by atoms with E-state index in [4.69, 9.17) is 4.74 Å². The van der Waals surface area contributed by atoms with E-state index in [1.54, 1.807) is 12.1 Å². The molecule has 1 heterocycles. The molecule has 7 heteroatoms. The predicted molar refractivity (Wildman–Crippen MR) is 130 cm³/mol. The van der Waals surface area contributed by atoms with Crippen LogP contribution in [0.25, 0.3) is 0 Å². The van der Waals surface area contributed by atoms with Crippen LogP contribution in [0.3, 0.4) is 0 Å². The number of piperidine rings is 1. The number of nitrogens with one attached hydrogen (secondary N) is 1. The second kappa shape index (κ2) is 10.2. The van der Waals surface area contributed by atoms with E-state index in [0.29, 0.717) is 36.6 Å². The minimum atomic E-state index is -3.52. The van der Waals surface area contributed by atoms with Crippen LogP contribution in [-0.4, -0.2) is 31.7 Å². The number of nitrogens with zero attached hydrogens (tertiary/aromatic N) is 1. The smallest absolute Gasteiger partial charge is 0.228 e. The Hall–Kier alpha value is -3.16. The summed E-state index contributed by atoms with van der Waals surface area (Å²) in [7, 11) is -3.52. The molecule has 33 heavy (non-hydrogen) atoms. The van der Waals surface area contributed by atoms with E-state index >= 15 is 0 Å². The number of hydrogen-bond acceptors (Lipinski definition) is 4. The second-order valence-corrected chi connectivity index (χ2v) is 10.2. The first-order chi connectivity index (χ1) is 15.9. The quantitative estimate of drug-likeness (QED) is 0.536. The number of sulfonamides is 1. The number of para-hydroxylation sites is 3. The molecule has 1 amide bonds. The lowest BCUT2D eigenvalue weighted by Gasteiger charge is -2.31. The summed E-state index contributed by atoms with van der Waals surface area (Å²) < 4.78 is 33.5. The van der Waals surface area contributed by atoms with E-state index in [2.05, 4.69) is 5.32 Å². The van der Waals surface area contributed by atoms with Gasteiger partial charge in [0.05, 0.1) is 17.4 Å². The Morgan fingerprint density at radius 1 is 1.00 bits per heavy atom. The summed E-state index contributed by atoms with van der Waals surface area (Å²) in [6.45, 7) is 2.53. The van der Waals surface area contributed by atoms with E-state index < -0.39 is 15.9 Å². The molecule has 1 aliphatic rings. The molecule has 0 spiro atoms. The number of rotatable bonds is 7. The number of benzene rings is 3. The normalized spacial score (nSPS) is 16.8. The van der Waals surface area contributed by atoms with Gasteiger partial charge < -0.3 is 10.1 Å². The Morgan fingerprint density at radius 3 is 2.48 bits per heavy atom. The van der Waals surface area contributed by atoms with Crippen molar-refractivity contribution in [2.75, 3.05) is 18.4 Å². The zero-order valence-electron chi connectivity index (χ0n) is 18.6. The SMILES string of the molecule is Cc1ccccc1CS(=O)(=O)N1CCCC(C(=O)Nc2ccccc2Oc2ccccc2)C1. The van der Waals surface area contributed by atoms with Gasteiger partial charge in [-0.15, -0.1) is 0 Å². The van der Waals surface area contributed by atoms with Crippen LogP contribution in [0, 0.1) is 12.8 Å². The number of carbonyl (C=O) groups is 1. The molecule has 1 unspecified atom stereocenters. The highest BCUT2D eigenvalue weighted by molar-refractivity contribution is 7.88. The predicted octanol–water partition coefficient (Wildman–Crippen LogP) is 4.97. The summed E-state index contributed by atoms with van der Waals surface area (Å²) in [5, 5.41) is 2.95. The first kappa shape index (κ1) is 23.0. The van der Waals surface area contributed by atoms with Crippen LogP contribution in [0.2, 0.25) is 0 Å². The number of amides is 1. The topological polar surface area (TPSA) is 75.7 Å². The Kier molecular flexibility index (Phi) is 7.11. The maximum Gasteiger partial charge on any atom is 0.228 e. The van der Waals surface area contributed by atoms with E-state index in [1.165, 1.54) is 4.31 Å². The highest BCUT2D eigenvalue weighted by atomic mass is 32.2. The number of aryl methyl sites for hydroxylation is 1. The molecule has 1 atom stereocenters. The second-order valence-electron chi connectivity index (χ2n) is 8.28. The molecule has 3 aromatic rings. The molecule has 1 N–H and O–H groups in total. The Labute approximate surface area is 195 Å². The molecule has 172 valence electrons. The van der Waals surface area contributed by atoms with Crippen molar-refractivity contribution in [3.8, 4) is 11.5 Å². The monoisotopic (exact) mass is 464 g/mol. The molecule has 0 radical (unpaired) electrons. The van der Waals surface area contributed by atoms with Crippen molar-refractivity contribution in [2.45, 2.75) is 25.5 Å². The Bertz CT molecular complexity index is 1210. The van der Waals surface area contributed by atoms with Crippen molar-refractivity contribution in [2.24, 2.45) is 5.92 Å². The van der Waals surface area contributed by atoms with Crippen LogP contribution in [0.1, 0.15) is 24.0 Å². The molecular weight excluding hydrogens is 436 g/mol. The first-order valence-corrected chi connectivity index (χ1v) is 12.7. The van der Waals surface area contributed by atoms with Crippen molar-refractivity contribution in [1.82, 2.24) is 4.31 Å². The third kappa shape index (κ3) is 5.80. The van der Waals surface area contributed by atoms with E-state index in [1.807, 2.05) is 73.7 Å². The van der Waals surface area contributed by atoms with Gasteiger partial charge in [0.15, 0.2) is 5.75 Å². The lowest BCUT2D eigenvalue weighted by atomic mass is 9.98. The molecule has 0 aliphatic carbocycles. The average molecular weight is 465 g/mol. The molecule has 4 rings (SSSR count). The van der Waals surface area contributed by atoms with Crippen molar-refractivity contribution < 1.29 is 17.9 Å². The summed E-state index contributed by atoms with van der Waals surface area (Å²) in [6, 6.07) is 24.1. The van der Waals surface area contributed by atoms with E-state index in [-0.39, 0.29) is 18.2 Å². The third-order valence-electron chi connectivity index (χ3n) is 5.86. The summed E-state index contributed by atoms with van der Waals surface area (Å²) >= 11 is 0. The van der Waals surface area contributed by atoms with Crippen LogP contribution >= 0.6 is 0 Å². The fourth-order valence-corrected chi connectivity index (χ4v) is 5.69.